The predicted molar refractivity (Wildman–Crippen MR) is 71.2 cm³/mol. The molecular formula is C11H9ClN4S. The number of halogens is 1. The highest BCUT2D eigenvalue weighted by molar-refractivity contribution is 7.22. The summed E-state index contributed by atoms with van der Waals surface area (Å²) in [6, 6.07) is 7.59. The van der Waals surface area contributed by atoms with Crippen molar-refractivity contribution in [2.75, 3.05) is 5.32 Å². The summed E-state index contributed by atoms with van der Waals surface area (Å²) < 4.78 is 1.06. The zero-order valence-electron chi connectivity index (χ0n) is 8.99. The first-order valence-corrected chi connectivity index (χ1v) is 6.25. The van der Waals surface area contributed by atoms with Gasteiger partial charge >= 0.3 is 0 Å². The van der Waals surface area contributed by atoms with Gasteiger partial charge in [0.2, 0.25) is 0 Å². The summed E-state index contributed by atoms with van der Waals surface area (Å²) in [5, 5.41) is 11.7. The first-order valence-electron chi connectivity index (χ1n) is 5.06. The first-order chi connectivity index (χ1) is 8.20. The molecule has 0 fully saturated rings. The maximum absolute atomic E-state index is 5.93. The zero-order chi connectivity index (χ0) is 11.8. The third-order valence-corrected chi connectivity index (χ3v) is 3.46. The minimum absolute atomic E-state index is 0.725. The summed E-state index contributed by atoms with van der Waals surface area (Å²) in [4.78, 5) is 4.45. The Hall–Kier alpha value is -1.59. The summed E-state index contributed by atoms with van der Waals surface area (Å²) in [5.41, 5.74) is 1.95. The van der Waals surface area contributed by atoms with Gasteiger partial charge in [0.15, 0.2) is 10.9 Å². The lowest BCUT2D eigenvalue weighted by atomic mass is 10.3. The van der Waals surface area contributed by atoms with Crippen LogP contribution >= 0.6 is 22.9 Å². The number of hydrogen-bond donors (Lipinski definition) is 2. The third kappa shape index (κ3) is 2.11. The molecule has 2 N–H and O–H groups in total. The van der Waals surface area contributed by atoms with E-state index in [0.717, 1.165) is 31.9 Å². The summed E-state index contributed by atoms with van der Waals surface area (Å²) in [7, 11) is 0. The fraction of sp³-hybridized carbons (Fsp3) is 0.0909. The number of hydrogen-bond acceptors (Lipinski definition) is 4. The van der Waals surface area contributed by atoms with Gasteiger partial charge in [0.1, 0.15) is 0 Å². The van der Waals surface area contributed by atoms with E-state index < -0.39 is 0 Å². The Morgan fingerprint density at radius 1 is 1.35 bits per heavy atom. The Morgan fingerprint density at radius 3 is 3.00 bits per heavy atom. The Morgan fingerprint density at radius 2 is 2.24 bits per heavy atom. The second-order valence-electron chi connectivity index (χ2n) is 3.69. The summed E-state index contributed by atoms with van der Waals surface area (Å²) in [5.74, 6) is 0.771. The van der Waals surface area contributed by atoms with Crippen molar-refractivity contribution >= 4 is 44.1 Å². The van der Waals surface area contributed by atoms with Gasteiger partial charge in [-0.05, 0) is 25.1 Å². The van der Waals surface area contributed by atoms with Crippen LogP contribution < -0.4 is 5.32 Å². The van der Waals surface area contributed by atoms with Crippen LogP contribution in [0.2, 0.25) is 5.02 Å². The van der Waals surface area contributed by atoms with Crippen LogP contribution in [-0.2, 0) is 0 Å². The van der Waals surface area contributed by atoms with E-state index in [1.165, 1.54) is 0 Å². The molecule has 0 unspecified atom stereocenters. The molecule has 0 aliphatic rings. The number of benzene rings is 1. The van der Waals surface area contributed by atoms with E-state index in [4.69, 9.17) is 11.6 Å². The predicted octanol–water partition coefficient (Wildman–Crippen LogP) is 3.72. The average molecular weight is 265 g/mol. The standard InChI is InChI=1S/C11H9ClN4S/c1-6-4-10(16-15-6)14-11-13-8-3-2-7(12)5-9(8)17-11/h2-5H,1H3,(H2,13,14,15,16). The van der Waals surface area contributed by atoms with E-state index in [1.807, 2.05) is 31.2 Å². The summed E-state index contributed by atoms with van der Waals surface area (Å²) in [6.45, 7) is 1.95. The number of rotatable bonds is 2. The van der Waals surface area contributed by atoms with Crippen molar-refractivity contribution in [3.63, 3.8) is 0 Å². The van der Waals surface area contributed by atoms with Crippen molar-refractivity contribution in [2.24, 2.45) is 0 Å². The highest BCUT2D eigenvalue weighted by Crippen LogP contribution is 2.29. The molecule has 2 heterocycles. The number of nitrogens with zero attached hydrogens (tertiary/aromatic N) is 2. The van der Waals surface area contributed by atoms with E-state index in [2.05, 4.69) is 20.5 Å². The second kappa shape index (κ2) is 4.01. The minimum atomic E-state index is 0.725. The van der Waals surface area contributed by atoms with Gasteiger partial charge < -0.3 is 5.32 Å². The molecule has 0 atom stereocenters. The molecule has 0 saturated heterocycles. The van der Waals surface area contributed by atoms with Gasteiger partial charge in [0.25, 0.3) is 0 Å². The van der Waals surface area contributed by atoms with E-state index in [-0.39, 0.29) is 0 Å². The molecular weight excluding hydrogens is 256 g/mol. The highest BCUT2D eigenvalue weighted by Gasteiger charge is 2.05. The topological polar surface area (TPSA) is 53.6 Å². The van der Waals surface area contributed by atoms with Crippen molar-refractivity contribution in [3.05, 3.63) is 35.0 Å². The Bertz CT molecular complexity index is 673. The van der Waals surface area contributed by atoms with Crippen LogP contribution in [0.25, 0.3) is 10.2 Å². The number of anilines is 2. The molecule has 3 rings (SSSR count). The van der Waals surface area contributed by atoms with E-state index in [0.29, 0.717) is 0 Å². The molecule has 2 aromatic heterocycles. The van der Waals surface area contributed by atoms with E-state index in [9.17, 15) is 0 Å². The lowest BCUT2D eigenvalue weighted by molar-refractivity contribution is 1.05. The van der Waals surface area contributed by atoms with Gasteiger partial charge in [-0.2, -0.15) is 5.10 Å². The molecule has 0 bridgehead atoms. The highest BCUT2D eigenvalue weighted by atomic mass is 35.5. The van der Waals surface area contributed by atoms with Crippen molar-refractivity contribution < 1.29 is 0 Å². The van der Waals surface area contributed by atoms with Crippen molar-refractivity contribution in [3.8, 4) is 0 Å². The molecule has 4 nitrogen and oxygen atoms in total. The number of thiazole rings is 1. The van der Waals surface area contributed by atoms with Gasteiger partial charge in [-0.3, -0.25) is 5.10 Å². The summed E-state index contributed by atoms with van der Waals surface area (Å²) in [6.07, 6.45) is 0. The van der Waals surface area contributed by atoms with Crippen LogP contribution in [0.5, 0.6) is 0 Å². The van der Waals surface area contributed by atoms with Crippen LogP contribution in [0.15, 0.2) is 24.3 Å². The second-order valence-corrected chi connectivity index (χ2v) is 5.16. The number of aromatic amines is 1. The lowest BCUT2D eigenvalue weighted by Gasteiger charge is -1.93. The maximum atomic E-state index is 5.93. The Kier molecular flexibility index (Phi) is 2.49. The van der Waals surface area contributed by atoms with Crippen molar-refractivity contribution in [2.45, 2.75) is 6.92 Å². The molecule has 86 valence electrons. The largest absolute Gasteiger partial charge is 0.315 e. The molecule has 0 spiro atoms. The Labute approximate surface area is 107 Å². The van der Waals surface area contributed by atoms with Crippen molar-refractivity contribution in [1.82, 2.24) is 15.2 Å². The molecule has 0 aliphatic heterocycles. The van der Waals surface area contributed by atoms with E-state index in [1.54, 1.807) is 11.3 Å². The molecule has 0 saturated carbocycles. The van der Waals surface area contributed by atoms with E-state index >= 15 is 0 Å². The fourth-order valence-electron chi connectivity index (χ4n) is 1.54. The molecule has 17 heavy (non-hydrogen) atoms. The van der Waals surface area contributed by atoms with Crippen molar-refractivity contribution in [1.29, 1.82) is 0 Å². The van der Waals surface area contributed by atoms with Gasteiger partial charge in [0.05, 0.1) is 10.2 Å². The minimum Gasteiger partial charge on any atom is -0.315 e. The quantitative estimate of drug-likeness (QED) is 0.742. The number of aryl methyl sites for hydroxylation is 1. The van der Waals surface area contributed by atoms with Gasteiger partial charge in [-0.25, -0.2) is 4.98 Å². The first kappa shape index (κ1) is 10.6. The molecule has 3 aromatic rings. The van der Waals surface area contributed by atoms with Gasteiger partial charge in [0, 0.05) is 16.8 Å². The Balaban J connectivity index is 1.95. The molecule has 1 aromatic carbocycles. The van der Waals surface area contributed by atoms with Crippen LogP contribution in [0, 0.1) is 6.92 Å². The van der Waals surface area contributed by atoms with Crippen LogP contribution in [0.4, 0.5) is 10.9 Å². The smallest absolute Gasteiger partial charge is 0.189 e. The SMILES string of the molecule is Cc1cc(Nc2nc3ccc(Cl)cc3s2)n[nH]1. The van der Waals surface area contributed by atoms with Crippen LogP contribution in [-0.4, -0.2) is 15.2 Å². The maximum Gasteiger partial charge on any atom is 0.189 e. The zero-order valence-corrected chi connectivity index (χ0v) is 10.6. The van der Waals surface area contributed by atoms with Gasteiger partial charge in [-0.15, -0.1) is 0 Å². The number of aromatic nitrogens is 3. The monoisotopic (exact) mass is 264 g/mol. The van der Waals surface area contributed by atoms with Gasteiger partial charge in [-0.1, -0.05) is 22.9 Å². The molecule has 0 amide bonds. The molecule has 0 radical (unpaired) electrons. The number of nitrogens with one attached hydrogen (secondary N) is 2. The van der Waals surface area contributed by atoms with Crippen LogP contribution in [0.3, 0.4) is 0 Å². The fourth-order valence-corrected chi connectivity index (χ4v) is 2.69. The molecule has 0 aliphatic carbocycles. The lowest BCUT2D eigenvalue weighted by Crippen LogP contribution is -1.88. The number of H-pyrrole nitrogens is 1. The average Bonchev–Trinajstić information content (AvgIpc) is 2.84. The number of fused-ring (bicyclic) bond motifs is 1. The summed E-state index contributed by atoms with van der Waals surface area (Å²) >= 11 is 7.49. The third-order valence-electron chi connectivity index (χ3n) is 2.29. The van der Waals surface area contributed by atoms with Crippen LogP contribution in [0.1, 0.15) is 5.69 Å². The molecule has 6 heteroatoms. The normalized spacial score (nSPS) is 10.9.